The van der Waals surface area contributed by atoms with Gasteiger partial charge in [0, 0.05) is 16.3 Å². The van der Waals surface area contributed by atoms with Crippen molar-refractivity contribution in [3.8, 4) is 0 Å². The predicted molar refractivity (Wildman–Crippen MR) is 83.4 cm³/mol. The average Bonchev–Trinajstić information content (AvgIpc) is 2.92. The highest BCUT2D eigenvalue weighted by atomic mass is 79.9. The number of hydrogen-bond acceptors (Lipinski definition) is 4. The Morgan fingerprint density at radius 3 is 2.80 bits per heavy atom. The summed E-state index contributed by atoms with van der Waals surface area (Å²) in [5.74, 6) is -0.398. The number of rotatable bonds is 5. The molecule has 4 nitrogen and oxygen atoms in total. The molecule has 0 aliphatic heterocycles. The lowest BCUT2D eigenvalue weighted by atomic mass is 10.2. The highest BCUT2D eigenvalue weighted by molar-refractivity contribution is 9.10. The Balaban J connectivity index is 1.95. The van der Waals surface area contributed by atoms with Gasteiger partial charge in [0.25, 0.3) is 0 Å². The molecule has 0 aliphatic carbocycles. The highest BCUT2D eigenvalue weighted by Crippen LogP contribution is 2.16. The second-order valence-electron chi connectivity index (χ2n) is 4.10. The fourth-order valence-electron chi connectivity index (χ4n) is 1.55. The summed E-state index contributed by atoms with van der Waals surface area (Å²) in [5.41, 5.74) is 3.57. The molecule has 0 saturated carbocycles. The molecule has 0 unspecified atom stereocenters. The van der Waals surface area contributed by atoms with Gasteiger partial charge in [-0.25, -0.2) is 10.5 Å². The molecule has 1 heterocycles. The molecule has 0 saturated heterocycles. The molecular weight excluding hydrogens is 340 g/mol. The Morgan fingerprint density at radius 1 is 1.35 bits per heavy atom. The van der Waals surface area contributed by atoms with E-state index in [4.69, 9.17) is 5.21 Å². The minimum absolute atomic E-state index is 0.232. The second-order valence-corrected chi connectivity index (χ2v) is 5.90. The van der Waals surface area contributed by atoms with Gasteiger partial charge in [-0.1, -0.05) is 34.1 Å². The number of carbonyl (C=O) groups is 1. The molecule has 2 N–H and O–H groups in total. The van der Waals surface area contributed by atoms with Gasteiger partial charge in [0.15, 0.2) is 0 Å². The van der Waals surface area contributed by atoms with Crippen LogP contribution in [-0.4, -0.2) is 16.1 Å². The molecule has 0 bridgehead atoms. The summed E-state index contributed by atoms with van der Waals surface area (Å²) in [7, 11) is 0. The maximum atomic E-state index is 10.9. The third-order valence-corrected chi connectivity index (χ3v) is 3.98. The molecule has 2 aromatic rings. The molecular formula is C14H13BrN2O2S. The minimum atomic E-state index is -0.398. The Bertz CT molecular complexity index is 608. The van der Waals surface area contributed by atoms with Crippen molar-refractivity contribution in [1.82, 2.24) is 10.5 Å². The maximum absolute atomic E-state index is 10.9. The van der Waals surface area contributed by atoms with Crippen molar-refractivity contribution in [1.29, 1.82) is 0 Å². The van der Waals surface area contributed by atoms with Crippen LogP contribution in [0.3, 0.4) is 0 Å². The lowest BCUT2D eigenvalue weighted by Gasteiger charge is -1.95. The zero-order chi connectivity index (χ0) is 14.4. The largest absolute Gasteiger partial charge is 0.289 e. The number of hydrogen-bond donors (Lipinski definition) is 2. The van der Waals surface area contributed by atoms with Gasteiger partial charge < -0.3 is 0 Å². The SMILES string of the molecule is O=C(CCc1csc(/C=C/c2ccc(Br)cc2)n1)NO. The predicted octanol–water partition coefficient (Wildman–Crippen LogP) is 3.51. The molecule has 2 rings (SSSR count). The summed E-state index contributed by atoms with van der Waals surface area (Å²) in [6.07, 6.45) is 4.70. The molecule has 104 valence electrons. The first-order chi connectivity index (χ1) is 9.67. The number of aromatic nitrogens is 1. The van der Waals surface area contributed by atoms with Crippen molar-refractivity contribution in [3.05, 3.63) is 50.4 Å². The van der Waals surface area contributed by atoms with E-state index >= 15 is 0 Å². The van der Waals surface area contributed by atoms with E-state index in [2.05, 4.69) is 20.9 Å². The van der Waals surface area contributed by atoms with Gasteiger partial charge in [0.2, 0.25) is 5.91 Å². The van der Waals surface area contributed by atoms with Gasteiger partial charge in [0.05, 0.1) is 5.69 Å². The smallest absolute Gasteiger partial charge is 0.243 e. The molecule has 0 aliphatic rings. The number of aryl methyl sites for hydroxylation is 1. The maximum Gasteiger partial charge on any atom is 0.243 e. The third-order valence-electron chi connectivity index (χ3n) is 2.59. The molecule has 1 aromatic carbocycles. The minimum Gasteiger partial charge on any atom is -0.289 e. The average molecular weight is 353 g/mol. The van der Waals surface area contributed by atoms with Crippen molar-refractivity contribution >= 4 is 45.3 Å². The van der Waals surface area contributed by atoms with E-state index in [1.807, 2.05) is 41.8 Å². The number of nitrogens with one attached hydrogen (secondary N) is 1. The fourth-order valence-corrected chi connectivity index (χ4v) is 2.56. The summed E-state index contributed by atoms with van der Waals surface area (Å²) in [5, 5.41) is 11.2. The van der Waals surface area contributed by atoms with Crippen LogP contribution in [-0.2, 0) is 11.2 Å². The van der Waals surface area contributed by atoms with Crippen LogP contribution < -0.4 is 5.48 Å². The van der Waals surface area contributed by atoms with Crippen molar-refractivity contribution in [2.24, 2.45) is 0 Å². The quantitative estimate of drug-likeness (QED) is 0.639. The van der Waals surface area contributed by atoms with Gasteiger partial charge in [-0.15, -0.1) is 11.3 Å². The van der Waals surface area contributed by atoms with Gasteiger partial charge in [-0.3, -0.25) is 10.0 Å². The van der Waals surface area contributed by atoms with Gasteiger partial charge >= 0.3 is 0 Å². The van der Waals surface area contributed by atoms with Gasteiger partial charge in [-0.05, 0) is 30.2 Å². The molecule has 0 atom stereocenters. The third kappa shape index (κ3) is 4.56. The Kier molecular flexibility index (Phi) is 5.46. The number of hydroxylamine groups is 1. The zero-order valence-electron chi connectivity index (χ0n) is 10.5. The second kappa shape index (κ2) is 7.33. The number of halogens is 1. The fraction of sp³-hybridized carbons (Fsp3) is 0.143. The standard InChI is InChI=1S/C14H13BrN2O2S/c15-11-4-1-10(2-5-11)3-8-14-16-12(9-20-14)6-7-13(18)17-19/h1-5,8-9,19H,6-7H2,(H,17,18)/b8-3+. The summed E-state index contributed by atoms with van der Waals surface area (Å²) in [4.78, 5) is 15.3. The first kappa shape index (κ1) is 14.9. The molecule has 0 fully saturated rings. The van der Waals surface area contributed by atoms with E-state index in [1.54, 1.807) is 5.48 Å². The first-order valence-corrected chi connectivity index (χ1v) is 7.65. The Labute approximate surface area is 129 Å². The van der Waals surface area contributed by atoms with E-state index in [0.717, 1.165) is 20.7 Å². The lowest BCUT2D eigenvalue weighted by molar-refractivity contribution is -0.129. The Morgan fingerprint density at radius 2 is 2.10 bits per heavy atom. The summed E-state index contributed by atoms with van der Waals surface area (Å²) in [6, 6.07) is 8.00. The zero-order valence-corrected chi connectivity index (χ0v) is 12.9. The number of benzene rings is 1. The van der Waals surface area contributed by atoms with Crippen LogP contribution in [0, 0.1) is 0 Å². The molecule has 1 aromatic heterocycles. The van der Waals surface area contributed by atoms with E-state index in [-0.39, 0.29) is 6.42 Å². The monoisotopic (exact) mass is 352 g/mol. The highest BCUT2D eigenvalue weighted by Gasteiger charge is 2.03. The van der Waals surface area contributed by atoms with Crippen LogP contribution in [0.15, 0.2) is 34.1 Å². The van der Waals surface area contributed by atoms with Crippen LogP contribution in [0.5, 0.6) is 0 Å². The molecule has 6 heteroatoms. The lowest BCUT2D eigenvalue weighted by Crippen LogP contribution is -2.18. The molecule has 20 heavy (non-hydrogen) atoms. The van der Waals surface area contributed by atoms with Crippen molar-refractivity contribution in [2.75, 3.05) is 0 Å². The van der Waals surface area contributed by atoms with E-state index in [9.17, 15) is 4.79 Å². The summed E-state index contributed by atoms with van der Waals surface area (Å²) < 4.78 is 1.05. The first-order valence-electron chi connectivity index (χ1n) is 5.98. The molecule has 1 amide bonds. The van der Waals surface area contributed by atoms with Gasteiger partial charge in [0.1, 0.15) is 5.01 Å². The summed E-state index contributed by atoms with van der Waals surface area (Å²) >= 11 is 4.92. The normalized spacial score (nSPS) is 10.9. The van der Waals surface area contributed by atoms with Crippen LogP contribution in [0.4, 0.5) is 0 Å². The summed E-state index contributed by atoms with van der Waals surface area (Å²) in [6.45, 7) is 0. The number of thiazole rings is 1. The van der Waals surface area contributed by atoms with E-state index < -0.39 is 5.91 Å². The van der Waals surface area contributed by atoms with Gasteiger partial charge in [-0.2, -0.15) is 0 Å². The van der Waals surface area contributed by atoms with Crippen LogP contribution in [0.2, 0.25) is 0 Å². The van der Waals surface area contributed by atoms with E-state index in [0.29, 0.717) is 6.42 Å². The number of carbonyl (C=O) groups excluding carboxylic acids is 1. The van der Waals surface area contributed by atoms with E-state index in [1.165, 1.54) is 11.3 Å². The molecule has 0 radical (unpaired) electrons. The Hall–Kier alpha value is -1.50. The molecule has 0 spiro atoms. The number of nitrogens with zero attached hydrogens (tertiary/aromatic N) is 1. The topological polar surface area (TPSA) is 62.2 Å². The van der Waals surface area contributed by atoms with Crippen molar-refractivity contribution in [2.45, 2.75) is 12.8 Å². The van der Waals surface area contributed by atoms with Crippen LogP contribution >= 0.6 is 27.3 Å². The van der Waals surface area contributed by atoms with Crippen LogP contribution in [0.1, 0.15) is 22.7 Å². The van der Waals surface area contributed by atoms with Crippen molar-refractivity contribution in [3.63, 3.8) is 0 Å². The number of amides is 1. The van der Waals surface area contributed by atoms with Crippen LogP contribution in [0.25, 0.3) is 12.2 Å². The van der Waals surface area contributed by atoms with Crippen molar-refractivity contribution < 1.29 is 10.0 Å².